The maximum absolute atomic E-state index is 11.3. The van der Waals surface area contributed by atoms with E-state index in [9.17, 15) is 24.3 Å². The molecule has 132 valence electrons. The predicted octanol–water partition coefficient (Wildman–Crippen LogP) is -4.29. The van der Waals surface area contributed by atoms with Crippen LogP contribution in [0.15, 0.2) is 0 Å². The molecule has 4 atom stereocenters. The highest BCUT2D eigenvalue weighted by atomic mass is 16.6. The topological polar surface area (TPSA) is 209 Å². The number of carbonyl (C=O) groups excluding carboxylic acids is 3. The first kappa shape index (κ1) is 20.7. The Morgan fingerprint density at radius 2 is 1.30 bits per heavy atom. The summed E-state index contributed by atoms with van der Waals surface area (Å²) in [7, 11) is 1.01. The fourth-order valence-corrected chi connectivity index (χ4v) is 1.16. The molecule has 0 aliphatic heterocycles. The van der Waals surface area contributed by atoms with Gasteiger partial charge in [-0.25, -0.2) is 9.59 Å². The third-order valence-corrected chi connectivity index (χ3v) is 2.49. The lowest BCUT2D eigenvalue weighted by molar-refractivity contribution is -0.165. The molecular weight excluding hydrogens is 320 g/mol. The third kappa shape index (κ3) is 6.56. The highest BCUT2D eigenvalue weighted by Gasteiger charge is 2.32. The molecule has 0 amide bonds. The van der Waals surface area contributed by atoms with Crippen LogP contribution in [0.4, 0.5) is 0 Å². The van der Waals surface area contributed by atoms with Crippen molar-refractivity contribution in [2.45, 2.75) is 24.3 Å². The molecular formula is C11H18N2O10. The molecule has 0 unspecified atom stereocenters. The maximum Gasteiger partial charge on any atom is 0.337 e. The SMILES string of the molecule is COC(=O)[C@@H](N)[C@H](O)C(=O)OCCOC(=O)[C@@H](N)[C@H](O)C(=O)O. The number of carboxylic acids is 1. The van der Waals surface area contributed by atoms with Crippen LogP contribution in [0.2, 0.25) is 0 Å². The average molecular weight is 338 g/mol. The number of carboxylic acid groups (broad SMARTS) is 1. The molecule has 0 heterocycles. The van der Waals surface area contributed by atoms with Crippen LogP contribution >= 0.6 is 0 Å². The van der Waals surface area contributed by atoms with E-state index in [4.69, 9.17) is 21.7 Å². The standard InChI is InChI=1S/C11H18N2O10/c1-21-9(18)5(13)7(15)11(20)23-3-2-22-10(19)4(12)6(14)8(16)17/h4-7,14-15H,2-3,12-13H2,1H3,(H,16,17)/t4-,5-,6-,7-/m0/s1. The Hall–Kier alpha value is -2.28. The summed E-state index contributed by atoms with van der Waals surface area (Å²) in [5, 5.41) is 26.8. The van der Waals surface area contributed by atoms with Crippen molar-refractivity contribution in [1.82, 2.24) is 0 Å². The van der Waals surface area contributed by atoms with Gasteiger partial charge in [0, 0.05) is 0 Å². The Bertz CT molecular complexity index is 454. The molecule has 0 saturated heterocycles. The van der Waals surface area contributed by atoms with Crippen molar-refractivity contribution in [3.8, 4) is 0 Å². The Labute approximate surface area is 129 Å². The second kappa shape index (κ2) is 9.68. The summed E-state index contributed by atoms with van der Waals surface area (Å²) in [5.41, 5.74) is 10.3. The lowest BCUT2D eigenvalue weighted by Gasteiger charge is -2.16. The second-order valence-electron chi connectivity index (χ2n) is 4.14. The summed E-state index contributed by atoms with van der Waals surface area (Å²) in [6.45, 7) is -1.05. The van der Waals surface area contributed by atoms with Gasteiger partial charge < -0.3 is 41.0 Å². The molecule has 7 N–H and O–H groups in total. The summed E-state index contributed by atoms with van der Waals surface area (Å²) in [5.74, 6) is -5.23. The lowest BCUT2D eigenvalue weighted by Crippen LogP contribution is -2.48. The molecule has 0 aliphatic rings. The van der Waals surface area contributed by atoms with E-state index >= 15 is 0 Å². The van der Waals surface area contributed by atoms with Crippen molar-refractivity contribution in [2.24, 2.45) is 11.5 Å². The van der Waals surface area contributed by atoms with E-state index in [0.717, 1.165) is 7.11 Å². The van der Waals surface area contributed by atoms with Crippen molar-refractivity contribution in [3.63, 3.8) is 0 Å². The van der Waals surface area contributed by atoms with Crippen molar-refractivity contribution in [2.75, 3.05) is 20.3 Å². The van der Waals surface area contributed by atoms with E-state index in [2.05, 4.69) is 14.2 Å². The van der Waals surface area contributed by atoms with E-state index < -0.39 is 61.4 Å². The molecule has 0 aromatic heterocycles. The average Bonchev–Trinajstić information content (AvgIpc) is 2.54. The first-order valence-electron chi connectivity index (χ1n) is 6.14. The van der Waals surface area contributed by atoms with Crippen molar-refractivity contribution in [1.29, 1.82) is 0 Å². The van der Waals surface area contributed by atoms with Crippen LogP contribution in [0.5, 0.6) is 0 Å². The zero-order chi connectivity index (χ0) is 18.2. The van der Waals surface area contributed by atoms with Gasteiger partial charge in [-0.2, -0.15) is 0 Å². The zero-order valence-electron chi connectivity index (χ0n) is 12.1. The van der Waals surface area contributed by atoms with Crippen molar-refractivity contribution in [3.05, 3.63) is 0 Å². The Balaban J connectivity index is 4.17. The minimum Gasteiger partial charge on any atom is -0.479 e. The van der Waals surface area contributed by atoms with Crippen molar-refractivity contribution < 1.29 is 48.7 Å². The van der Waals surface area contributed by atoms with Crippen LogP contribution < -0.4 is 11.5 Å². The van der Waals surface area contributed by atoms with Gasteiger partial charge in [-0.3, -0.25) is 9.59 Å². The first-order chi connectivity index (χ1) is 10.6. The van der Waals surface area contributed by atoms with E-state index in [0.29, 0.717) is 0 Å². The summed E-state index contributed by atoms with van der Waals surface area (Å²) in [6, 6.07) is -3.46. The Morgan fingerprint density at radius 1 is 0.870 bits per heavy atom. The number of nitrogens with two attached hydrogens (primary N) is 2. The summed E-state index contributed by atoms with van der Waals surface area (Å²) in [6.07, 6.45) is -4.13. The molecule has 12 heteroatoms. The number of aliphatic hydroxyl groups excluding tert-OH is 2. The minimum absolute atomic E-state index is 0.522. The van der Waals surface area contributed by atoms with Crippen LogP contribution in [0.3, 0.4) is 0 Å². The van der Waals surface area contributed by atoms with E-state index in [1.807, 2.05) is 0 Å². The smallest absolute Gasteiger partial charge is 0.337 e. The fourth-order valence-electron chi connectivity index (χ4n) is 1.16. The predicted molar refractivity (Wildman–Crippen MR) is 69.5 cm³/mol. The number of hydrogen-bond acceptors (Lipinski definition) is 11. The van der Waals surface area contributed by atoms with E-state index in [-0.39, 0.29) is 0 Å². The quantitative estimate of drug-likeness (QED) is 0.154. The number of aliphatic hydroxyl groups is 2. The van der Waals surface area contributed by atoms with Gasteiger partial charge in [0.2, 0.25) is 0 Å². The minimum atomic E-state index is -2.15. The van der Waals surface area contributed by atoms with Crippen LogP contribution in [0.1, 0.15) is 0 Å². The van der Waals surface area contributed by atoms with Gasteiger partial charge >= 0.3 is 23.9 Å². The molecule has 0 bridgehead atoms. The molecule has 12 nitrogen and oxygen atoms in total. The molecule has 0 fully saturated rings. The number of esters is 3. The largest absolute Gasteiger partial charge is 0.479 e. The third-order valence-electron chi connectivity index (χ3n) is 2.49. The van der Waals surface area contributed by atoms with Gasteiger partial charge in [0.05, 0.1) is 7.11 Å². The van der Waals surface area contributed by atoms with Gasteiger partial charge in [-0.15, -0.1) is 0 Å². The number of aliphatic carboxylic acids is 1. The number of ether oxygens (including phenoxy) is 3. The fraction of sp³-hybridized carbons (Fsp3) is 0.636. The normalized spacial score (nSPS) is 15.7. The van der Waals surface area contributed by atoms with Crippen LogP contribution in [0, 0.1) is 0 Å². The van der Waals surface area contributed by atoms with E-state index in [1.54, 1.807) is 0 Å². The lowest BCUT2D eigenvalue weighted by atomic mass is 10.2. The number of carbonyl (C=O) groups is 4. The number of hydrogen-bond donors (Lipinski definition) is 5. The van der Waals surface area contributed by atoms with Crippen molar-refractivity contribution >= 4 is 23.9 Å². The van der Waals surface area contributed by atoms with Gasteiger partial charge in [0.15, 0.2) is 12.2 Å². The highest BCUT2D eigenvalue weighted by Crippen LogP contribution is 1.98. The van der Waals surface area contributed by atoms with Crippen LogP contribution in [-0.4, -0.2) is 83.8 Å². The summed E-state index contributed by atoms with van der Waals surface area (Å²) in [4.78, 5) is 44.0. The molecule has 0 rings (SSSR count). The second-order valence-corrected chi connectivity index (χ2v) is 4.14. The van der Waals surface area contributed by atoms with Gasteiger partial charge in [0.25, 0.3) is 0 Å². The molecule has 0 spiro atoms. The molecule has 0 saturated carbocycles. The van der Waals surface area contributed by atoms with E-state index in [1.165, 1.54) is 0 Å². The highest BCUT2D eigenvalue weighted by molar-refractivity contribution is 5.86. The van der Waals surface area contributed by atoms with Gasteiger partial charge in [-0.05, 0) is 0 Å². The van der Waals surface area contributed by atoms with Gasteiger partial charge in [0.1, 0.15) is 25.3 Å². The molecule has 0 radical (unpaired) electrons. The van der Waals surface area contributed by atoms with Crippen LogP contribution in [-0.2, 0) is 33.4 Å². The zero-order valence-corrected chi connectivity index (χ0v) is 12.1. The molecule has 23 heavy (non-hydrogen) atoms. The molecule has 0 aliphatic carbocycles. The summed E-state index contributed by atoms with van der Waals surface area (Å²) >= 11 is 0. The molecule has 0 aromatic rings. The Kier molecular flexibility index (Phi) is 8.72. The maximum atomic E-state index is 11.3. The van der Waals surface area contributed by atoms with Gasteiger partial charge in [-0.1, -0.05) is 0 Å². The monoisotopic (exact) mass is 338 g/mol. The summed E-state index contributed by atoms with van der Waals surface area (Å²) < 4.78 is 13.2. The van der Waals surface area contributed by atoms with Crippen LogP contribution in [0.25, 0.3) is 0 Å². The number of methoxy groups -OCH3 is 1. The number of rotatable bonds is 9. The Morgan fingerprint density at radius 3 is 1.74 bits per heavy atom. The first-order valence-corrected chi connectivity index (χ1v) is 6.14. The molecule has 0 aromatic carbocycles.